The molecule has 2 bridgehead atoms. The Kier molecular flexibility index (Phi) is 3.04. The Balaban J connectivity index is 1.56. The van der Waals surface area contributed by atoms with E-state index in [1.807, 2.05) is 11.8 Å². The van der Waals surface area contributed by atoms with Crippen LogP contribution in [0.5, 0.6) is 0 Å². The standard InChI is InChI=1S/C20H26O2S/c1-19-7-6-16-14(15(19)4-5-18(19)22)3-2-13-8-17(21)12-9-20(13,16)11-23-10-12/h8,12,14-16H,2-7,9-11H2,1H3/t12-,14+,15+,16+,19+,20-/m1/s1. The van der Waals surface area contributed by atoms with Gasteiger partial charge >= 0.3 is 0 Å². The van der Waals surface area contributed by atoms with Gasteiger partial charge in [-0.2, -0.15) is 11.8 Å². The Morgan fingerprint density at radius 1 is 1.13 bits per heavy atom. The summed E-state index contributed by atoms with van der Waals surface area (Å²) in [7, 11) is 0. The van der Waals surface area contributed by atoms with E-state index in [0.717, 1.165) is 49.7 Å². The van der Waals surface area contributed by atoms with Crippen molar-refractivity contribution in [3.05, 3.63) is 11.6 Å². The van der Waals surface area contributed by atoms with Crippen LogP contribution < -0.4 is 0 Å². The van der Waals surface area contributed by atoms with Gasteiger partial charge < -0.3 is 0 Å². The number of ketones is 2. The van der Waals surface area contributed by atoms with Gasteiger partial charge in [0.05, 0.1) is 0 Å². The highest BCUT2D eigenvalue weighted by atomic mass is 32.2. The first-order chi connectivity index (χ1) is 11.0. The average molecular weight is 330 g/mol. The van der Waals surface area contributed by atoms with Crippen LogP contribution in [0.15, 0.2) is 11.6 Å². The van der Waals surface area contributed by atoms with Crippen molar-refractivity contribution < 1.29 is 9.59 Å². The summed E-state index contributed by atoms with van der Waals surface area (Å²) in [4.78, 5) is 24.8. The minimum atomic E-state index is -0.0231. The van der Waals surface area contributed by atoms with Crippen LogP contribution in [0.3, 0.4) is 0 Å². The molecule has 1 saturated heterocycles. The molecular formula is C20H26O2S. The molecule has 0 N–H and O–H groups in total. The second-order valence-electron chi connectivity index (χ2n) is 8.98. The summed E-state index contributed by atoms with van der Waals surface area (Å²) in [6, 6.07) is 0. The fourth-order valence-electron chi connectivity index (χ4n) is 7.07. The molecule has 1 aliphatic heterocycles. The van der Waals surface area contributed by atoms with Crippen LogP contribution in [0.4, 0.5) is 0 Å². The van der Waals surface area contributed by atoms with Crippen molar-refractivity contribution in [1.82, 2.24) is 0 Å². The van der Waals surface area contributed by atoms with Gasteiger partial charge in [-0.05, 0) is 62.4 Å². The lowest BCUT2D eigenvalue weighted by molar-refractivity contribution is -0.133. The zero-order valence-corrected chi connectivity index (χ0v) is 14.8. The summed E-state index contributed by atoms with van der Waals surface area (Å²) >= 11 is 2.02. The van der Waals surface area contributed by atoms with Gasteiger partial charge in [0.1, 0.15) is 5.78 Å². The maximum atomic E-state index is 12.5. The Labute approximate surface area is 142 Å². The topological polar surface area (TPSA) is 34.1 Å². The molecule has 0 aromatic heterocycles. The summed E-state index contributed by atoms with van der Waals surface area (Å²) in [5.74, 6) is 5.54. The lowest BCUT2D eigenvalue weighted by Gasteiger charge is -2.60. The molecule has 0 unspecified atom stereocenters. The van der Waals surface area contributed by atoms with Crippen molar-refractivity contribution in [3.63, 3.8) is 0 Å². The number of Topliss-reactive ketones (excluding diaryl/α,β-unsaturated/α-hetero) is 1. The molecule has 3 saturated carbocycles. The molecule has 1 heterocycles. The van der Waals surface area contributed by atoms with E-state index in [4.69, 9.17) is 0 Å². The fraction of sp³-hybridized carbons (Fsp3) is 0.800. The van der Waals surface area contributed by atoms with E-state index in [-0.39, 0.29) is 11.3 Å². The predicted octanol–water partition coefficient (Wildman–Crippen LogP) is 4.04. The normalized spacial score (nSPS) is 51.6. The maximum absolute atomic E-state index is 12.5. The zero-order valence-electron chi connectivity index (χ0n) is 14.0. The average Bonchev–Trinajstić information content (AvgIpc) is 2.85. The molecule has 6 atom stereocenters. The van der Waals surface area contributed by atoms with Crippen LogP contribution in [-0.2, 0) is 9.59 Å². The molecule has 1 spiro atoms. The van der Waals surface area contributed by atoms with E-state index in [1.165, 1.54) is 24.2 Å². The molecule has 4 fully saturated rings. The van der Waals surface area contributed by atoms with E-state index in [1.54, 1.807) is 0 Å². The van der Waals surface area contributed by atoms with Crippen LogP contribution in [0.2, 0.25) is 0 Å². The first kappa shape index (κ1) is 14.7. The Hall–Kier alpha value is -0.570. The number of hydrogen-bond acceptors (Lipinski definition) is 3. The van der Waals surface area contributed by atoms with Crippen molar-refractivity contribution in [1.29, 1.82) is 0 Å². The molecule has 5 aliphatic rings. The predicted molar refractivity (Wildman–Crippen MR) is 92.2 cm³/mol. The number of fused-ring (bicyclic) bond motifs is 4. The summed E-state index contributed by atoms with van der Waals surface area (Å²) in [5, 5.41) is 0. The van der Waals surface area contributed by atoms with Crippen LogP contribution in [0.1, 0.15) is 51.9 Å². The fourth-order valence-corrected chi connectivity index (χ4v) is 8.63. The van der Waals surface area contributed by atoms with Gasteiger partial charge in [0.25, 0.3) is 0 Å². The number of carbonyl (C=O) groups is 2. The highest BCUT2D eigenvalue weighted by molar-refractivity contribution is 7.99. The van der Waals surface area contributed by atoms with E-state index < -0.39 is 0 Å². The summed E-state index contributed by atoms with van der Waals surface area (Å²) in [5.41, 5.74) is 1.77. The summed E-state index contributed by atoms with van der Waals surface area (Å²) in [6.07, 6.45) is 9.74. The molecule has 124 valence electrons. The van der Waals surface area contributed by atoms with Gasteiger partial charge in [0, 0.05) is 34.7 Å². The molecule has 0 aromatic carbocycles. The highest BCUT2D eigenvalue weighted by Crippen LogP contribution is 2.66. The highest BCUT2D eigenvalue weighted by Gasteiger charge is 2.61. The largest absolute Gasteiger partial charge is 0.299 e. The third-order valence-electron chi connectivity index (χ3n) is 8.25. The van der Waals surface area contributed by atoms with Crippen LogP contribution in [0.25, 0.3) is 0 Å². The second-order valence-corrected chi connectivity index (χ2v) is 10.0. The summed E-state index contributed by atoms with van der Waals surface area (Å²) in [6.45, 7) is 2.26. The molecule has 4 aliphatic carbocycles. The van der Waals surface area contributed by atoms with Crippen molar-refractivity contribution in [2.24, 2.45) is 34.5 Å². The molecule has 0 aromatic rings. The second kappa shape index (κ2) is 4.74. The molecule has 2 nitrogen and oxygen atoms in total. The Bertz CT molecular complexity index is 623. The van der Waals surface area contributed by atoms with Crippen molar-refractivity contribution in [3.8, 4) is 0 Å². The quantitative estimate of drug-likeness (QED) is 0.672. The molecule has 0 amide bonds. The SMILES string of the molecule is C[C@]12CC[C@H]3[C@@H](CCC4=CC(=O)[C@H]5CSC[C@]43C5)[C@@H]1CCC2=O. The third-order valence-corrected chi connectivity index (χ3v) is 9.61. The van der Waals surface area contributed by atoms with E-state index in [9.17, 15) is 9.59 Å². The van der Waals surface area contributed by atoms with Gasteiger partial charge in [0.15, 0.2) is 5.78 Å². The van der Waals surface area contributed by atoms with E-state index in [2.05, 4.69) is 13.0 Å². The van der Waals surface area contributed by atoms with Crippen molar-refractivity contribution >= 4 is 23.3 Å². The molecule has 23 heavy (non-hydrogen) atoms. The van der Waals surface area contributed by atoms with E-state index >= 15 is 0 Å². The third kappa shape index (κ3) is 1.78. The van der Waals surface area contributed by atoms with Gasteiger partial charge in [-0.15, -0.1) is 0 Å². The van der Waals surface area contributed by atoms with Gasteiger partial charge in [-0.1, -0.05) is 12.5 Å². The molecule has 3 heteroatoms. The number of carbonyl (C=O) groups excluding carboxylic acids is 2. The molecule has 0 radical (unpaired) electrons. The van der Waals surface area contributed by atoms with Crippen molar-refractivity contribution in [2.45, 2.75) is 51.9 Å². The first-order valence-corrected chi connectivity index (χ1v) is 10.6. The van der Waals surface area contributed by atoms with Crippen molar-refractivity contribution in [2.75, 3.05) is 11.5 Å². The summed E-state index contributed by atoms with van der Waals surface area (Å²) < 4.78 is 0. The van der Waals surface area contributed by atoms with Gasteiger partial charge in [-0.25, -0.2) is 0 Å². The molecule has 5 rings (SSSR count). The molecular weight excluding hydrogens is 304 g/mol. The Morgan fingerprint density at radius 3 is 2.87 bits per heavy atom. The lowest BCUT2D eigenvalue weighted by Crippen LogP contribution is -2.55. The zero-order chi connectivity index (χ0) is 15.8. The number of rotatable bonds is 0. The first-order valence-electron chi connectivity index (χ1n) is 9.40. The Morgan fingerprint density at radius 2 is 2.00 bits per heavy atom. The van der Waals surface area contributed by atoms with Crippen LogP contribution in [-0.4, -0.2) is 23.1 Å². The number of hydrogen-bond donors (Lipinski definition) is 0. The smallest absolute Gasteiger partial charge is 0.159 e. The van der Waals surface area contributed by atoms with Gasteiger partial charge in [-0.3, -0.25) is 9.59 Å². The van der Waals surface area contributed by atoms with Crippen LogP contribution >= 0.6 is 11.8 Å². The minimum absolute atomic E-state index is 0.0231. The number of allylic oxidation sites excluding steroid dienone is 1. The minimum Gasteiger partial charge on any atom is -0.299 e. The maximum Gasteiger partial charge on any atom is 0.159 e. The van der Waals surface area contributed by atoms with E-state index in [0.29, 0.717) is 22.9 Å². The lowest BCUT2D eigenvalue weighted by atomic mass is 9.46. The van der Waals surface area contributed by atoms with Crippen LogP contribution in [0, 0.1) is 34.5 Å². The van der Waals surface area contributed by atoms with Gasteiger partial charge in [0.2, 0.25) is 0 Å². The monoisotopic (exact) mass is 330 g/mol. The number of thioether (sulfide) groups is 1.